The van der Waals surface area contributed by atoms with Crippen molar-refractivity contribution in [1.82, 2.24) is 14.9 Å². The molecule has 3 nitrogen and oxygen atoms in total. The topological polar surface area (TPSA) is 37.8 Å². The Labute approximate surface area is 111 Å². The molecule has 1 unspecified atom stereocenters. The molecule has 0 aliphatic carbocycles. The zero-order valence-corrected chi connectivity index (χ0v) is 11.6. The van der Waals surface area contributed by atoms with Crippen LogP contribution in [0.1, 0.15) is 17.3 Å². The van der Waals surface area contributed by atoms with Crippen LogP contribution in [-0.4, -0.2) is 16.6 Å². The normalized spacial score (nSPS) is 12.6. The summed E-state index contributed by atoms with van der Waals surface area (Å²) in [6, 6.07) is 4.95. The molecule has 0 amide bonds. The number of nitrogens with zero attached hydrogens (tertiary/aromatic N) is 2. The number of aromatic nitrogens is 2. The van der Waals surface area contributed by atoms with E-state index in [0.29, 0.717) is 6.42 Å². The third-order valence-corrected chi connectivity index (χ3v) is 3.43. The minimum atomic E-state index is -0.236. The lowest BCUT2D eigenvalue weighted by molar-refractivity contribution is 0.568. The van der Waals surface area contributed by atoms with Crippen molar-refractivity contribution >= 4 is 27.5 Å². The molecular formula is C11H11BrFN3S. The molecule has 0 aliphatic heterocycles. The van der Waals surface area contributed by atoms with Gasteiger partial charge >= 0.3 is 0 Å². The van der Waals surface area contributed by atoms with Crippen LogP contribution in [0, 0.1) is 5.82 Å². The van der Waals surface area contributed by atoms with E-state index in [4.69, 9.17) is 0 Å². The number of hydrogen-bond donors (Lipinski definition) is 1. The zero-order chi connectivity index (χ0) is 12.3. The van der Waals surface area contributed by atoms with Crippen LogP contribution in [0.5, 0.6) is 0 Å². The minimum Gasteiger partial charge on any atom is -0.311 e. The van der Waals surface area contributed by atoms with Crippen molar-refractivity contribution in [1.29, 1.82) is 0 Å². The van der Waals surface area contributed by atoms with Gasteiger partial charge in [0.2, 0.25) is 0 Å². The van der Waals surface area contributed by atoms with Crippen LogP contribution < -0.4 is 5.32 Å². The summed E-state index contributed by atoms with van der Waals surface area (Å²) < 4.78 is 17.8. The highest BCUT2D eigenvalue weighted by Crippen LogP contribution is 2.21. The van der Waals surface area contributed by atoms with E-state index in [-0.39, 0.29) is 11.9 Å². The van der Waals surface area contributed by atoms with Crippen LogP contribution in [-0.2, 0) is 6.42 Å². The van der Waals surface area contributed by atoms with Crippen LogP contribution in [0.15, 0.2) is 28.1 Å². The highest BCUT2D eigenvalue weighted by molar-refractivity contribution is 9.10. The number of benzene rings is 1. The molecule has 1 N–H and O–H groups in total. The molecule has 1 heterocycles. The number of rotatable bonds is 4. The van der Waals surface area contributed by atoms with Crippen molar-refractivity contribution < 1.29 is 4.39 Å². The van der Waals surface area contributed by atoms with Crippen LogP contribution in [0.3, 0.4) is 0 Å². The quantitative estimate of drug-likeness (QED) is 0.942. The summed E-state index contributed by atoms with van der Waals surface area (Å²) >= 11 is 4.60. The first-order valence-corrected chi connectivity index (χ1v) is 6.71. The van der Waals surface area contributed by atoms with Crippen LogP contribution >= 0.6 is 27.5 Å². The van der Waals surface area contributed by atoms with E-state index in [1.165, 1.54) is 23.7 Å². The Morgan fingerprint density at radius 3 is 2.88 bits per heavy atom. The van der Waals surface area contributed by atoms with Crippen molar-refractivity contribution in [2.75, 3.05) is 7.05 Å². The summed E-state index contributed by atoms with van der Waals surface area (Å²) in [7, 11) is 1.86. The molecule has 17 heavy (non-hydrogen) atoms. The van der Waals surface area contributed by atoms with Gasteiger partial charge in [0.1, 0.15) is 5.82 Å². The van der Waals surface area contributed by atoms with Crippen molar-refractivity contribution in [2.45, 2.75) is 12.5 Å². The second-order valence-electron chi connectivity index (χ2n) is 3.65. The lowest BCUT2D eigenvalue weighted by Crippen LogP contribution is -2.19. The molecule has 0 aliphatic rings. The number of halogens is 2. The van der Waals surface area contributed by atoms with Crippen LogP contribution in [0.4, 0.5) is 4.39 Å². The van der Waals surface area contributed by atoms with Gasteiger partial charge in [0.25, 0.3) is 0 Å². The highest BCUT2D eigenvalue weighted by Gasteiger charge is 2.13. The molecule has 2 rings (SSSR count). The maximum Gasteiger partial charge on any atom is 0.124 e. The van der Waals surface area contributed by atoms with Crippen molar-refractivity contribution in [3.05, 3.63) is 45.1 Å². The lowest BCUT2D eigenvalue weighted by atomic mass is 10.0. The first kappa shape index (κ1) is 12.6. The van der Waals surface area contributed by atoms with Crippen LogP contribution in [0.2, 0.25) is 0 Å². The Morgan fingerprint density at radius 1 is 1.47 bits per heavy atom. The van der Waals surface area contributed by atoms with Crippen molar-refractivity contribution in [2.24, 2.45) is 0 Å². The van der Waals surface area contributed by atoms with Gasteiger partial charge in [-0.25, -0.2) is 4.39 Å². The molecule has 0 spiro atoms. The van der Waals surface area contributed by atoms with E-state index < -0.39 is 0 Å². The second-order valence-corrected chi connectivity index (χ2v) is 5.18. The molecule has 0 bridgehead atoms. The maximum absolute atomic E-state index is 13.2. The lowest BCUT2D eigenvalue weighted by Gasteiger charge is -2.13. The third-order valence-electron chi connectivity index (χ3n) is 2.44. The van der Waals surface area contributed by atoms with E-state index >= 15 is 0 Å². The van der Waals surface area contributed by atoms with Gasteiger partial charge in [-0.2, -0.15) is 0 Å². The molecule has 0 saturated heterocycles. The smallest absolute Gasteiger partial charge is 0.124 e. The third kappa shape index (κ3) is 3.31. The van der Waals surface area contributed by atoms with Gasteiger partial charge in [-0.3, -0.25) is 0 Å². The maximum atomic E-state index is 13.2. The molecule has 0 fully saturated rings. The van der Waals surface area contributed by atoms with Crippen molar-refractivity contribution in [3.63, 3.8) is 0 Å². The average Bonchev–Trinajstić information content (AvgIpc) is 2.77. The molecule has 1 aromatic heterocycles. The molecular weight excluding hydrogens is 305 g/mol. The summed E-state index contributed by atoms with van der Waals surface area (Å²) in [5, 5.41) is 9.09. The van der Waals surface area contributed by atoms with Gasteiger partial charge < -0.3 is 5.32 Å². The summed E-state index contributed by atoms with van der Waals surface area (Å²) in [6.07, 6.45) is 0.679. The second kappa shape index (κ2) is 5.66. The first-order chi connectivity index (χ1) is 8.19. The molecule has 1 aromatic carbocycles. The molecule has 1 atom stereocenters. The summed E-state index contributed by atoms with van der Waals surface area (Å²) in [5.41, 5.74) is 1.81. The Kier molecular flexibility index (Phi) is 4.20. The predicted octanol–water partition coefficient (Wildman–Crippen LogP) is 2.94. The van der Waals surface area contributed by atoms with E-state index in [9.17, 15) is 4.39 Å². The Morgan fingerprint density at radius 2 is 2.29 bits per heavy atom. The highest BCUT2D eigenvalue weighted by atomic mass is 79.9. The van der Waals surface area contributed by atoms with Gasteiger partial charge in [-0.05, 0) is 48.8 Å². The van der Waals surface area contributed by atoms with Gasteiger partial charge in [0.15, 0.2) is 0 Å². The van der Waals surface area contributed by atoms with Gasteiger partial charge in [0, 0.05) is 9.85 Å². The fourth-order valence-corrected chi connectivity index (χ4v) is 2.66. The van der Waals surface area contributed by atoms with E-state index in [1.807, 2.05) is 18.5 Å². The fraction of sp³-hybridized carbons (Fsp3) is 0.273. The molecule has 2 aromatic rings. The SMILES string of the molecule is CNC(Cc1cc(F)cc(Br)c1)c1csnn1. The fourth-order valence-electron chi connectivity index (χ4n) is 1.64. The van der Waals surface area contributed by atoms with Crippen LogP contribution in [0.25, 0.3) is 0 Å². The summed E-state index contributed by atoms with van der Waals surface area (Å²) in [4.78, 5) is 0. The number of likely N-dealkylation sites (N-methyl/N-ethyl adjacent to an activating group) is 1. The predicted molar refractivity (Wildman–Crippen MR) is 69.5 cm³/mol. The molecule has 0 radical (unpaired) electrons. The monoisotopic (exact) mass is 315 g/mol. The van der Waals surface area contributed by atoms with Gasteiger partial charge in [-0.1, -0.05) is 20.4 Å². The largest absolute Gasteiger partial charge is 0.311 e. The first-order valence-electron chi connectivity index (χ1n) is 5.08. The standard InChI is InChI=1S/C11H11BrFN3S/c1-14-10(11-6-17-16-15-11)4-7-2-8(12)5-9(13)3-7/h2-3,5-6,10,14H,4H2,1H3. The molecule has 90 valence electrons. The summed E-state index contributed by atoms with van der Waals surface area (Å²) in [5.74, 6) is -0.236. The Hall–Kier alpha value is -0.850. The Bertz CT molecular complexity index is 469. The zero-order valence-electron chi connectivity index (χ0n) is 9.15. The minimum absolute atomic E-state index is 0.0578. The van der Waals surface area contributed by atoms with E-state index in [1.54, 1.807) is 0 Å². The van der Waals surface area contributed by atoms with E-state index in [2.05, 4.69) is 30.8 Å². The molecule has 0 saturated carbocycles. The van der Waals surface area contributed by atoms with E-state index in [0.717, 1.165) is 15.7 Å². The summed E-state index contributed by atoms with van der Waals surface area (Å²) in [6.45, 7) is 0. The van der Waals surface area contributed by atoms with Gasteiger partial charge in [-0.15, -0.1) is 5.10 Å². The van der Waals surface area contributed by atoms with Crippen molar-refractivity contribution in [3.8, 4) is 0 Å². The number of hydrogen-bond acceptors (Lipinski definition) is 4. The Balaban J connectivity index is 2.18. The molecule has 6 heteroatoms. The van der Waals surface area contributed by atoms with Gasteiger partial charge in [0.05, 0.1) is 11.7 Å². The average molecular weight is 316 g/mol. The number of nitrogens with one attached hydrogen (secondary N) is 1.